The van der Waals surface area contributed by atoms with Crippen LogP contribution in [0.2, 0.25) is 0 Å². The summed E-state index contributed by atoms with van der Waals surface area (Å²) in [6.45, 7) is 4.47. The Hall–Kier alpha value is -2.54. The van der Waals surface area contributed by atoms with Crippen LogP contribution in [0.3, 0.4) is 0 Å². The summed E-state index contributed by atoms with van der Waals surface area (Å²) in [5.41, 5.74) is 3.94. The van der Waals surface area contributed by atoms with Crippen LogP contribution in [0.1, 0.15) is 23.4 Å². The summed E-state index contributed by atoms with van der Waals surface area (Å²) in [6.07, 6.45) is 5.05. The highest BCUT2D eigenvalue weighted by Gasteiger charge is 2.25. The molecule has 2 aliphatic rings. The van der Waals surface area contributed by atoms with Gasteiger partial charge in [-0.15, -0.1) is 0 Å². The van der Waals surface area contributed by atoms with Gasteiger partial charge in [0.2, 0.25) is 0 Å². The highest BCUT2D eigenvalue weighted by Crippen LogP contribution is 2.28. The molecule has 5 rings (SSSR count). The minimum absolute atomic E-state index is 0.300. The van der Waals surface area contributed by atoms with E-state index in [-0.39, 0.29) is 5.82 Å². The van der Waals surface area contributed by atoms with E-state index in [0.29, 0.717) is 12.1 Å². The Morgan fingerprint density at radius 2 is 1.96 bits per heavy atom. The molecule has 0 bridgehead atoms. The number of hydrogen-bond acceptors (Lipinski definition) is 6. The highest BCUT2D eigenvalue weighted by molar-refractivity contribution is 5.79. The van der Waals surface area contributed by atoms with Gasteiger partial charge in [-0.05, 0) is 31.4 Å². The highest BCUT2D eigenvalue weighted by atomic mass is 19.1. The number of hydrogen-bond donors (Lipinski definition) is 0. The second-order valence-corrected chi connectivity index (χ2v) is 7.01. The van der Waals surface area contributed by atoms with Crippen LogP contribution < -0.4 is 4.90 Å². The quantitative estimate of drug-likeness (QED) is 0.721. The maximum absolute atomic E-state index is 13.3. The summed E-state index contributed by atoms with van der Waals surface area (Å²) in [7, 11) is 0. The molecule has 1 saturated heterocycles. The van der Waals surface area contributed by atoms with Gasteiger partial charge in [-0.1, -0.05) is 5.16 Å². The zero-order chi connectivity index (χ0) is 17.5. The molecule has 0 amide bonds. The first-order chi connectivity index (χ1) is 12.8. The predicted molar refractivity (Wildman–Crippen MR) is 95.5 cm³/mol. The van der Waals surface area contributed by atoms with Crippen LogP contribution in [0.4, 0.5) is 10.2 Å². The fourth-order valence-electron chi connectivity index (χ4n) is 4.02. The van der Waals surface area contributed by atoms with Crippen LogP contribution in [-0.2, 0) is 19.4 Å². The zero-order valence-electron chi connectivity index (χ0n) is 14.5. The standard InChI is InChI=1S/C19H20FN5O/c20-13-4-5-14-17(23-26-18(14)10-13)11-24-6-8-25(9-7-24)19-15-2-1-3-16(15)21-12-22-19/h4-5,10,12H,1-3,6-9,11H2. The number of piperazine rings is 1. The Balaban J connectivity index is 1.28. The van der Waals surface area contributed by atoms with Crippen molar-refractivity contribution >= 4 is 16.8 Å². The van der Waals surface area contributed by atoms with E-state index in [4.69, 9.17) is 4.52 Å². The molecule has 0 unspecified atom stereocenters. The summed E-state index contributed by atoms with van der Waals surface area (Å²) in [4.78, 5) is 13.7. The van der Waals surface area contributed by atoms with Gasteiger partial charge in [0, 0.05) is 55.4 Å². The molecule has 7 heteroatoms. The number of anilines is 1. The maximum atomic E-state index is 13.3. The van der Waals surface area contributed by atoms with Crippen molar-refractivity contribution < 1.29 is 8.91 Å². The summed E-state index contributed by atoms with van der Waals surface area (Å²) in [5.74, 6) is 0.820. The molecule has 1 aromatic carbocycles. The van der Waals surface area contributed by atoms with Crippen molar-refractivity contribution in [2.75, 3.05) is 31.1 Å². The Labute approximate surface area is 150 Å². The lowest BCUT2D eigenvalue weighted by Crippen LogP contribution is -2.46. The first-order valence-corrected chi connectivity index (χ1v) is 9.12. The van der Waals surface area contributed by atoms with E-state index in [1.54, 1.807) is 12.4 Å². The van der Waals surface area contributed by atoms with Crippen LogP contribution in [-0.4, -0.2) is 46.2 Å². The van der Waals surface area contributed by atoms with Crippen LogP contribution in [0.5, 0.6) is 0 Å². The van der Waals surface area contributed by atoms with Gasteiger partial charge in [-0.25, -0.2) is 14.4 Å². The van der Waals surface area contributed by atoms with Crippen molar-refractivity contribution in [1.82, 2.24) is 20.0 Å². The van der Waals surface area contributed by atoms with E-state index < -0.39 is 0 Å². The Morgan fingerprint density at radius 3 is 2.85 bits per heavy atom. The summed E-state index contributed by atoms with van der Waals surface area (Å²) < 4.78 is 18.6. The van der Waals surface area contributed by atoms with Crippen molar-refractivity contribution in [1.29, 1.82) is 0 Å². The minimum atomic E-state index is -0.300. The lowest BCUT2D eigenvalue weighted by molar-refractivity contribution is 0.242. The molecule has 0 N–H and O–H groups in total. The number of aryl methyl sites for hydroxylation is 1. The molecular formula is C19H20FN5O. The summed E-state index contributed by atoms with van der Waals surface area (Å²) in [5, 5.41) is 5.03. The van der Waals surface area contributed by atoms with Crippen molar-refractivity contribution in [3.05, 3.63) is 47.3 Å². The Morgan fingerprint density at radius 1 is 1.08 bits per heavy atom. The molecule has 0 radical (unpaired) electrons. The van der Waals surface area contributed by atoms with Crippen molar-refractivity contribution in [2.24, 2.45) is 0 Å². The molecule has 0 saturated carbocycles. The van der Waals surface area contributed by atoms with Crippen molar-refractivity contribution in [2.45, 2.75) is 25.8 Å². The monoisotopic (exact) mass is 353 g/mol. The molecule has 2 aromatic heterocycles. The predicted octanol–water partition coefficient (Wildman–Crippen LogP) is 2.57. The minimum Gasteiger partial charge on any atom is -0.356 e. The van der Waals surface area contributed by atoms with E-state index >= 15 is 0 Å². The molecule has 6 nitrogen and oxygen atoms in total. The molecule has 1 aliphatic carbocycles. The largest absolute Gasteiger partial charge is 0.356 e. The number of halogens is 1. The maximum Gasteiger partial charge on any atom is 0.170 e. The lowest BCUT2D eigenvalue weighted by atomic mass is 10.2. The van der Waals surface area contributed by atoms with Gasteiger partial charge in [-0.3, -0.25) is 4.90 Å². The molecule has 0 spiro atoms. The molecular weight excluding hydrogens is 333 g/mol. The molecule has 26 heavy (non-hydrogen) atoms. The van der Waals surface area contributed by atoms with Gasteiger partial charge in [-0.2, -0.15) is 0 Å². The summed E-state index contributed by atoms with van der Waals surface area (Å²) in [6, 6.07) is 4.59. The molecule has 134 valence electrons. The lowest BCUT2D eigenvalue weighted by Gasteiger charge is -2.35. The van der Waals surface area contributed by atoms with Gasteiger partial charge >= 0.3 is 0 Å². The molecule has 3 aromatic rings. The molecule has 1 fully saturated rings. The van der Waals surface area contributed by atoms with Crippen LogP contribution in [0.25, 0.3) is 11.0 Å². The fraction of sp³-hybridized carbons (Fsp3) is 0.421. The average molecular weight is 353 g/mol. The fourth-order valence-corrected chi connectivity index (χ4v) is 4.02. The Kier molecular flexibility index (Phi) is 3.81. The third-order valence-electron chi connectivity index (χ3n) is 5.41. The van der Waals surface area contributed by atoms with Gasteiger partial charge in [0.15, 0.2) is 5.58 Å². The van der Waals surface area contributed by atoms with Gasteiger partial charge in [0.05, 0.1) is 0 Å². The van der Waals surface area contributed by atoms with Crippen LogP contribution in [0.15, 0.2) is 29.0 Å². The van der Waals surface area contributed by atoms with E-state index in [0.717, 1.165) is 55.9 Å². The van der Waals surface area contributed by atoms with Crippen molar-refractivity contribution in [3.63, 3.8) is 0 Å². The SMILES string of the molecule is Fc1ccc2c(CN3CCN(c4ncnc5c4CCC5)CC3)noc2c1. The number of rotatable bonds is 3. The normalized spacial score (nSPS) is 17.8. The number of nitrogens with zero attached hydrogens (tertiary/aromatic N) is 5. The van der Waals surface area contributed by atoms with E-state index in [9.17, 15) is 4.39 Å². The van der Waals surface area contributed by atoms with Crippen LogP contribution >= 0.6 is 0 Å². The zero-order valence-corrected chi connectivity index (χ0v) is 14.5. The van der Waals surface area contributed by atoms with Crippen LogP contribution in [0, 0.1) is 5.82 Å². The Bertz CT molecular complexity index is 948. The van der Waals surface area contributed by atoms with E-state index in [1.165, 1.54) is 29.8 Å². The second-order valence-electron chi connectivity index (χ2n) is 7.01. The second kappa shape index (κ2) is 6.32. The average Bonchev–Trinajstić information content (AvgIpc) is 3.29. The number of aromatic nitrogens is 3. The van der Waals surface area contributed by atoms with Gasteiger partial charge < -0.3 is 9.42 Å². The third-order valence-corrected chi connectivity index (χ3v) is 5.41. The van der Waals surface area contributed by atoms with Gasteiger partial charge in [0.1, 0.15) is 23.7 Å². The topological polar surface area (TPSA) is 58.3 Å². The first kappa shape index (κ1) is 15.7. The third kappa shape index (κ3) is 2.72. The van der Waals surface area contributed by atoms with Crippen molar-refractivity contribution in [3.8, 4) is 0 Å². The van der Waals surface area contributed by atoms with E-state index in [1.807, 2.05) is 0 Å². The summed E-state index contributed by atoms with van der Waals surface area (Å²) >= 11 is 0. The molecule has 3 heterocycles. The first-order valence-electron chi connectivity index (χ1n) is 9.12. The van der Waals surface area contributed by atoms with E-state index in [2.05, 4.69) is 24.9 Å². The molecule has 1 aliphatic heterocycles. The molecule has 0 atom stereocenters. The van der Waals surface area contributed by atoms with Gasteiger partial charge in [0.25, 0.3) is 0 Å². The number of benzene rings is 1. The smallest absolute Gasteiger partial charge is 0.170 e. The number of fused-ring (bicyclic) bond motifs is 2.